The highest BCUT2D eigenvalue weighted by Crippen LogP contribution is 2.41. The molecular formula is C36H43NO9SSi. The van der Waals surface area contributed by atoms with E-state index in [9.17, 15) is 14.4 Å². The number of hydrogen-bond donors (Lipinski definition) is 0. The first-order chi connectivity index (χ1) is 23.1. The molecule has 3 aromatic rings. The minimum absolute atomic E-state index is 0.0970. The Balaban J connectivity index is 1.53. The normalized spacial score (nSPS) is 22.4. The van der Waals surface area contributed by atoms with Gasteiger partial charge >= 0.3 is 5.97 Å². The fourth-order valence-electron chi connectivity index (χ4n) is 5.58. The molecule has 0 radical (unpaired) electrons. The molecule has 1 saturated heterocycles. The summed E-state index contributed by atoms with van der Waals surface area (Å²) in [6.45, 7) is 8.56. The number of hydrogen-bond acceptors (Lipinski definition) is 10. The maximum Gasteiger partial charge on any atom is 0.302 e. The van der Waals surface area contributed by atoms with Crippen LogP contribution in [0.3, 0.4) is 0 Å². The molecule has 0 N–H and O–H groups in total. The standard InChI is InChI=1S/C36H43NO9SSi/c1-24(38)43-22-30-32(44-21-25-15-17-26(41-2)18-16-25)33(45-23-42-19-20-48(3,4)5)31(36(46-30)47-27-11-7-6-8-12-27)37-34(39)28-13-9-10-14-29(28)35(37)40/h6-18,30-33,36H,19-23H2,1-5H3/t30-,31-,32-,33-,36+/m1/s1. The van der Waals surface area contributed by atoms with Crippen LogP contribution in [0.15, 0.2) is 83.8 Å². The average molecular weight is 694 g/mol. The molecule has 5 atom stereocenters. The van der Waals surface area contributed by atoms with Gasteiger partial charge in [-0.2, -0.15) is 0 Å². The van der Waals surface area contributed by atoms with Crippen molar-refractivity contribution in [1.29, 1.82) is 0 Å². The van der Waals surface area contributed by atoms with Gasteiger partial charge in [0.1, 0.15) is 48.9 Å². The molecule has 12 heteroatoms. The number of thioether (sulfide) groups is 1. The molecule has 48 heavy (non-hydrogen) atoms. The highest BCUT2D eigenvalue weighted by molar-refractivity contribution is 7.99. The molecule has 2 amide bonds. The van der Waals surface area contributed by atoms with Gasteiger partial charge in [0.25, 0.3) is 11.8 Å². The van der Waals surface area contributed by atoms with Gasteiger partial charge < -0.3 is 28.4 Å². The number of carbonyl (C=O) groups excluding carboxylic acids is 3. The summed E-state index contributed by atoms with van der Waals surface area (Å²) in [5.74, 6) is -0.656. The van der Waals surface area contributed by atoms with Crippen molar-refractivity contribution in [2.24, 2.45) is 0 Å². The van der Waals surface area contributed by atoms with Crippen LogP contribution in [0.1, 0.15) is 33.2 Å². The Labute approximate surface area is 287 Å². The molecule has 2 heterocycles. The molecule has 0 aliphatic carbocycles. The average Bonchev–Trinajstić information content (AvgIpc) is 3.32. The summed E-state index contributed by atoms with van der Waals surface area (Å²) in [7, 11) is 0.222. The fraction of sp³-hybridized carbons (Fsp3) is 0.417. The highest BCUT2D eigenvalue weighted by atomic mass is 32.2. The van der Waals surface area contributed by atoms with Crippen LogP contribution in [0.2, 0.25) is 25.7 Å². The smallest absolute Gasteiger partial charge is 0.302 e. The number of nitrogens with zero attached hydrogens (tertiary/aromatic N) is 1. The lowest BCUT2D eigenvalue weighted by Gasteiger charge is -2.48. The second-order valence-electron chi connectivity index (χ2n) is 12.9. The summed E-state index contributed by atoms with van der Waals surface area (Å²) >= 11 is 1.36. The molecule has 0 bridgehead atoms. The van der Waals surface area contributed by atoms with Crippen molar-refractivity contribution in [2.45, 2.75) is 73.9 Å². The lowest BCUT2D eigenvalue weighted by molar-refractivity contribution is -0.237. The number of esters is 1. The van der Waals surface area contributed by atoms with E-state index in [4.69, 9.17) is 28.4 Å². The molecule has 5 rings (SSSR count). The van der Waals surface area contributed by atoms with Crippen LogP contribution in [0.5, 0.6) is 5.75 Å². The highest BCUT2D eigenvalue weighted by Gasteiger charge is 2.55. The topological polar surface area (TPSA) is 110 Å². The summed E-state index contributed by atoms with van der Waals surface area (Å²) in [5, 5.41) is 0. The predicted octanol–water partition coefficient (Wildman–Crippen LogP) is 6.02. The van der Waals surface area contributed by atoms with Gasteiger partial charge in [-0.3, -0.25) is 19.3 Å². The van der Waals surface area contributed by atoms with Crippen LogP contribution < -0.4 is 4.74 Å². The minimum Gasteiger partial charge on any atom is -0.497 e. The summed E-state index contributed by atoms with van der Waals surface area (Å²) in [4.78, 5) is 42.1. The van der Waals surface area contributed by atoms with Crippen molar-refractivity contribution in [3.63, 3.8) is 0 Å². The van der Waals surface area contributed by atoms with Crippen LogP contribution >= 0.6 is 11.8 Å². The number of fused-ring (bicyclic) bond motifs is 1. The van der Waals surface area contributed by atoms with E-state index in [-0.39, 0.29) is 20.0 Å². The Morgan fingerprint density at radius 1 is 0.875 bits per heavy atom. The zero-order chi connectivity index (χ0) is 34.3. The molecule has 3 aromatic carbocycles. The SMILES string of the molecule is COc1ccc(CO[C@H]2[C@H](OCOCC[Si](C)(C)C)[C@@H](N3C(=O)c4ccccc4C3=O)[C@H](Sc3ccccc3)O[C@@H]2COC(C)=O)cc1. The molecule has 2 aliphatic rings. The van der Waals surface area contributed by atoms with Crippen molar-refractivity contribution < 1.29 is 42.8 Å². The fourth-order valence-corrected chi connectivity index (χ4v) is 7.53. The quantitative estimate of drug-likeness (QED) is 0.0616. The Morgan fingerprint density at radius 3 is 2.12 bits per heavy atom. The summed E-state index contributed by atoms with van der Waals surface area (Å²) < 4.78 is 36.5. The summed E-state index contributed by atoms with van der Waals surface area (Å²) in [6.07, 6.45) is -2.58. The van der Waals surface area contributed by atoms with Crippen LogP contribution in [-0.2, 0) is 35.1 Å². The first-order valence-corrected chi connectivity index (χ1v) is 20.6. The Kier molecular flexibility index (Phi) is 12.1. The van der Waals surface area contributed by atoms with Crippen molar-refractivity contribution in [2.75, 3.05) is 27.1 Å². The van der Waals surface area contributed by atoms with E-state index in [0.717, 1.165) is 16.5 Å². The summed E-state index contributed by atoms with van der Waals surface area (Å²) in [5.41, 5.74) is 0.677. The lowest BCUT2D eigenvalue weighted by atomic mass is 9.96. The van der Waals surface area contributed by atoms with Gasteiger partial charge in [-0.05, 0) is 48.0 Å². The van der Waals surface area contributed by atoms with Crippen LogP contribution in [-0.4, -0.2) is 87.7 Å². The number of amides is 2. The molecule has 10 nitrogen and oxygen atoms in total. The van der Waals surface area contributed by atoms with E-state index in [0.29, 0.717) is 23.5 Å². The van der Waals surface area contributed by atoms with Crippen LogP contribution in [0.4, 0.5) is 0 Å². The van der Waals surface area contributed by atoms with Crippen molar-refractivity contribution in [1.82, 2.24) is 4.90 Å². The maximum absolute atomic E-state index is 14.0. The van der Waals surface area contributed by atoms with Crippen molar-refractivity contribution >= 4 is 37.6 Å². The van der Waals surface area contributed by atoms with Crippen molar-refractivity contribution in [3.8, 4) is 5.75 Å². The molecule has 0 spiro atoms. The first-order valence-electron chi connectivity index (χ1n) is 16.0. The van der Waals surface area contributed by atoms with E-state index in [2.05, 4.69) is 19.6 Å². The Morgan fingerprint density at radius 2 is 1.52 bits per heavy atom. The molecule has 256 valence electrons. The minimum atomic E-state index is -1.38. The first kappa shape index (κ1) is 35.8. The van der Waals surface area contributed by atoms with Gasteiger partial charge in [-0.1, -0.05) is 73.9 Å². The molecule has 0 aromatic heterocycles. The molecule has 2 aliphatic heterocycles. The molecular weight excluding hydrogens is 651 g/mol. The van der Waals surface area contributed by atoms with E-state index >= 15 is 0 Å². The zero-order valence-corrected chi connectivity index (χ0v) is 29.8. The van der Waals surface area contributed by atoms with E-state index in [1.807, 2.05) is 54.6 Å². The second kappa shape index (κ2) is 16.3. The lowest BCUT2D eigenvalue weighted by Crippen LogP contribution is -2.66. The van der Waals surface area contributed by atoms with Gasteiger partial charge in [0.05, 0.1) is 24.8 Å². The molecule has 0 unspecified atom stereocenters. The number of ether oxygens (including phenoxy) is 6. The monoisotopic (exact) mass is 693 g/mol. The maximum atomic E-state index is 14.0. The van der Waals surface area contributed by atoms with E-state index in [1.54, 1.807) is 31.4 Å². The van der Waals surface area contributed by atoms with Crippen LogP contribution in [0.25, 0.3) is 0 Å². The van der Waals surface area contributed by atoms with Crippen LogP contribution in [0, 0.1) is 0 Å². The molecule has 0 saturated carbocycles. The molecule has 1 fully saturated rings. The van der Waals surface area contributed by atoms with Gasteiger partial charge in [0.15, 0.2) is 0 Å². The van der Waals surface area contributed by atoms with Gasteiger partial charge in [0, 0.05) is 26.5 Å². The van der Waals surface area contributed by atoms with Crippen molar-refractivity contribution in [3.05, 3.63) is 95.6 Å². The summed E-state index contributed by atoms with van der Waals surface area (Å²) in [6, 6.07) is 23.8. The van der Waals surface area contributed by atoms with Gasteiger partial charge in [-0.25, -0.2) is 0 Å². The largest absolute Gasteiger partial charge is 0.497 e. The Hall–Kier alpha value is -3.52. The number of benzene rings is 3. The predicted molar refractivity (Wildman–Crippen MR) is 184 cm³/mol. The number of rotatable bonds is 15. The third-order valence-corrected chi connectivity index (χ3v) is 11.0. The number of carbonyl (C=O) groups is 3. The van der Waals surface area contributed by atoms with Gasteiger partial charge in [-0.15, -0.1) is 0 Å². The zero-order valence-electron chi connectivity index (χ0n) is 28.0. The Bertz CT molecular complexity index is 1510. The third kappa shape index (κ3) is 8.93. The number of imide groups is 1. The third-order valence-electron chi connectivity index (χ3n) is 8.13. The number of methoxy groups -OCH3 is 1. The van der Waals surface area contributed by atoms with E-state index in [1.165, 1.54) is 23.6 Å². The second-order valence-corrected chi connectivity index (χ2v) is 19.7. The van der Waals surface area contributed by atoms with Gasteiger partial charge in [0.2, 0.25) is 0 Å². The van der Waals surface area contributed by atoms with E-state index < -0.39 is 55.6 Å².